The Hall–Kier alpha value is -3.40. The van der Waals surface area contributed by atoms with Crippen LogP contribution in [0.2, 0.25) is 0 Å². The van der Waals surface area contributed by atoms with Crippen LogP contribution in [-0.2, 0) is 18.3 Å². The lowest BCUT2D eigenvalue weighted by atomic mass is 10.2. The van der Waals surface area contributed by atoms with Crippen LogP contribution in [0.15, 0.2) is 39.9 Å². The van der Waals surface area contributed by atoms with Crippen molar-refractivity contribution in [3.8, 4) is 0 Å². The molecule has 0 saturated carbocycles. The zero-order valence-corrected chi connectivity index (χ0v) is 17.0. The van der Waals surface area contributed by atoms with Crippen molar-refractivity contribution in [2.45, 2.75) is 6.54 Å². The van der Waals surface area contributed by atoms with Gasteiger partial charge in [0.2, 0.25) is 5.95 Å². The quantitative estimate of drug-likeness (QED) is 0.634. The summed E-state index contributed by atoms with van der Waals surface area (Å²) in [5.74, 6) is 0.600. The van der Waals surface area contributed by atoms with E-state index in [1.165, 1.54) is 4.57 Å². The highest BCUT2D eigenvalue weighted by Gasteiger charge is 2.27. The zero-order chi connectivity index (χ0) is 21.3. The second kappa shape index (κ2) is 8.15. The molecule has 10 nitrogen and oxygen atoms in total. The Morgan fingerprint density at radius 1 is 1.13 bits per heavy atom. The van der Waals surface area contributed by atoms with Crippen molar-refractivity contribution in [2.75, 3.05) is 44.8 Å². The number of amides is 1. The third kappa shape index (κ3) is 3.50. The van der Waals surface area contributed by atoms with Crippen LogP contribution in [0.25, 0.3) is 11.2 Å². The number of hydrogen-bond acceptors (Lipinski definition) is 6. The molecule has 0 unspecified atom stereocenters. The van der Waals surface area contributed by atoms with Crippen molar-refractivity contribution < 1.29 is 9.53 Å². The van der Waals surface area contributed by atoms with E-state index in [9.17, 15) is 14.4 Å². The summed E-state index contributed by atoms with van der Waals surface area (Å²) in [5.41, 5.74) is 0.360. The Morgan fingerprint density at radius 2 is 1.83 bits per heavy atom. The molecule has 10 heteroatoms. The molecule has 1 aromatic carbocycles. The molecule has 30 heavy (non-hydrogen) atoms. The minimum atomic E-state index is -0.506. The monoisotopic (exact) mass is 412 g/mol. The van der Waals surface area contributed by atoms with Crippen LogP contribution in [0, 0.1) is 0 Å². The standard InChI is InChI=1S/C20H24N6O4/c1-23-16-15(17(27)22-20(23)29)26(12-13-30-2)19(21-16)25-10-8-24(9-11-25)18(28)14-6-4-3-5-7-14/h3-7H,8-13H2,1-2H3,(H,22,27,29). The highest BCUT2D eigenvalue weighted by molar-refractivity contribution is 5.94. The van der Waals surface area contributed by atoms with E-state index in [0.717, 1.165) is 0 Å². The second-order valence-corrected chi connectivity index (χ2v) is 7.19. The van der Waals surface area contributed by atoms with Crippen LogP contribution in [0.4, 0.5) is 5.95 Å². The van der Waals surface area contributed by atoms with Crippen molar-refractivity contribution in [3.63, 3.8) is 0 Å². The number of imidazole rings is 1. The van der Waals surface area contributed by atoms with Gasteiger partial charge in [-0.25, -0.2) is 4.79 Å². The fraction of sp³-hybridized carbons (Fsp3) is 0.400. The second-order valence-electron chi connectivity index (χ2n) is 7.19. The van der Waals surface area contributed by atoms with Gasteiger partial charge in [0.15, 0.2) is 11.2 Å². The fourth-order valence-electron chi connectivity index (χ4n) is 3.73. The number of aryl methyl sites for hydroxylation is 1. The van der Waals surface area contributed by atoms with Crippen LogP contribution >= 0.6 is 0 Å². The first-order chi connectivity index (χ1) is 14.5. The maximum Gasteiger partial charge on any atom is 0.329 e. The van der Waals surface area contributed by atoms with Gasteiger partial charge in [0.1, 0.15) is 0 Å². The first-order valence-corrected chi connectivity index (χ1v) is 9.79. The molecule has 3 aromatic rings. The summed E-state index contributed by atoms with van der Waals surface area (Å²) in [5, 5.41) is 0. The summed E-state index contributed by atoms with van der Waals surface area (Å²) in [4.78, 5) is 48.0. The van der Waals surface area contributed by atoms with Gasteiger partial charge in [0, 0.05) is 52.4 Å². The van der Waals surface area contributed by atoms with Crippen molar-refractivity contribution in [1.82, 2.24) is 24.0 Å². The number of methoxy groups -OCH3 is 1. The number of rotatable bonds is 5. The molecule has 3 heterocycles. The van der Waals surface area contributed by atoms with Gasteiger partial charge in [0.05, 0.1) is 6.61 Å². The largest absolute Gasteiger partial charge is 0.383 e. The summed E-state index contributed by atoms with van der Waals surface area (Å²) >= 11 is 0. The van der Waals surface area contributed by atoms with Gasteiger partial charge < -0.3 is 19.1 Å². The molecule has 4 rings (SSSR count). The van der Waals surface area contributed by atoms with Crippen molar-refractivity contribution in [1.29, 1.82) is 0 Å². The first kappa shape index (κ1) is 19.9. The molecule has 1 amide bonds. The number of carbonyl (C=O) groups excluding carboxylic acids is 1. The predicted molar refractivity (Wildman–Crippen MR) is 112 cm³/mol. The smallest absolute Gasteiger partial charge is 0.329 e. The van der Waals surface area contributed by atoms with E-state index in [1.807, 2.05) is 40.1 Å². The minimum Gasteiger partial charge on any atom is -0.383 e. The molecule has 1 N–H and O–H groups in total. The molecular formula is C20H24N6O4. The number of nitrogens with one attached hydrogen (secondary N) is 1. The van der Waals surface area contributed by atoms with E-state index in [4.69, 9.17) is 4.74 Å². The summed E-state index contributed by atoms with van der Waals surface area (Å²) < 4.78 is 8.31. The number of benzene rings is 1. The van der Waals surface area contributed by atoms with E-state index in [1.54, 1.807) is 18.7 Å². The van der Waals surface area contributed by atoms with Gasteiger partial charge in [-0.15, -0.1) is 0 Å². The number of anilines is 1. The first-order valence-electron chi connectivity index (χ1n) is 9.79. The Bertz CT molecular complexity index is 1170. The molecule has 0 spiro atoms. The number of hydrogen-bond donors (Lipinski definition) is 1. The lowest BCUT2D eigenvalue weighted by Gasteiger charge is -2.35. The molecule has 1 fully saturated rings. The van der Waals surface area contributed by atoms with Crippen LogP contribution in [-0.4, -0.2) is 69.8 Å². The summed E-state index contributed by atoms with van der Waals surface area (Å²) in [6.45, 7) is 3.04. The topological polar surface area (TPSA) is 105 Å². The Labute approximate surface area is 172 Å². The lowest BCUT2D eigenvalue weighted by Crippen LogP contribution is -2.49. The Morgan fingerprint density at radius 3 is 2.50 bits per heavy atom. The zero-order valence-electron chi connectivity index (χ0n) is 17.0. The molecular weight excluding hydrogens is 388 g/mol. The maximum absolute atomic E-state index is 12.7. The lowest BCUT2D eigenvalue weighted by molar-refractivity contribution is 0.0746. The molecule has 0 aliphatic carbocycles. The van der Waals surface area contributed by atoms with Crippen LogP contribution in [0.1, 0.15) is 10.4 Å². The molecule has 158 valence electrons. The number of aromatic nitrogens is 4. The normalized spacial score (nSPS) is 14.5. The van der Waals surface area contributed by atoms with Crippen LogP contribution in [0.3, 0.4) is 0 Å². The average Bonchev–Trinajstić information content (AvgIpc) is 3.16. The molecule has 0 radical (unpaired) electrons. The molecule has 1 saturated heterocycles. The van der Waals surface area contributed by atoms with Gasteiger partial charge in [-0.2, -0.15) is 4.98 Å². The molecule has 0 atom stereocenters. The molecule has 2 aromatic heterocycles. The van der Waals surface area contributed by atoms with Gasteiger partial charge in [-0.3, -0.25) is 19.1 Å². The maximum atomic E-state index is 12.7. The predicted octanol–water partition coefficient (Wildman–Crippen LogP) is 0.0321. The number of nitrogens with zero attached hydrogens (tertiary/aromatic N) is 5. The van der Waals surface area contributed by atoms with Gasteiger partial charge >= 0.3 is 5.69 Å². The van der Waals surface area contributed by atoms with Gasteiger partial charge in [0.25, 0.3) is 11.5 Å². The third-order valence-electron chi connectivity index (χ3n) is 5.38. The van der Waals surface area contributed by atoms with E-state index in [-0.39, 0.29) is 5.91 Å². The Balaban J connectivity index is 1.63. The average molecular weight is 412 g/mol. The van der Waals surface area contributed by atoms with Gasteiger partial charge in [-0.1, -0.05) is 18.2 Å². The summed E-state index contributed by atoms with van der Waals surface area (Å²) in [6.07, 6.45) is 0. The van der Waals surface area contributed by atoms with E-state index < -0.39 is 11.2 Å². The number of H-pyrrole nitrogens is 1. The van der Waals surface area contributed by atoms with Crippen molar-refractivity contribution >= 4 is 23.0 Å². The van der Waals surface area contributed by atoms with Crippen LogP contribution < -0.4 is 16.1 Å². The van der Waals surface area contributed by atoms with E-state index >= 15 is 0 Å². The molecule has 1 aliphatic rings. The number of aromatic amines is 1. The number of carbonyl (C=O) groups is 1. The molecule has 1 aliphatic heterocycles. The third-order valence-corrected chi connectivity index (χ3v) is 5.38. The highest BCUT2D eigenvalue weighted by atomic mass is 16.5. The van der Waals surface area contributed by atoms with Crippen molar-refractivity contribution in [2.24, 2.45) is 7.05 Å². The number of piperazine rings is 1. The number of ether oxygens (including phenoxy) is 1. The van der Waals surface area contributed by atoms with Crippen LogP contribution in [0.5, 0.6) is 0 Å². The number of fused-ring (bicyclic) bond motifs is 1. The van der Waals surface area contributed by atoms with E-state index in [2.05, 4.69) is 9.97 Å². The minimum absolute atomic E-state index is 0.00183. The van der Waals surface area contributed by atoms with Crippen molar-refractivity contribution in [3.05, 3.63) is 56.7 Å². The summed E-state index contributed by atoms with van der Waals surface area (Å²) in [7, 11) is 3.17. The Kier molecular flexibility index (Phi) is 5.40. The SMILES string of the molecule is COCCn1c(N2CCN(C(=O)c3ccccc3)CC2)nc2c1c(=O)[nH]c(=O)n2C. The van der Waals surface area contributed by atoms with Gasteiger partial charge in [-0.05, 0) is 12.1 Å². The fourth-order valence-corrected chi connectivity index (χ4v) is 3.73. The van der Waals surface area contributed by atoms with E-state index in [0.29, 0.717) is 62.0 Å². The summed E-state index contributed by atoms with van der Waals surface area (Å²) in [6, 6.07) is 9.21. The highest BCUT2D eigenvalue weighted by Crippen LogP contribution is 2.21. The molecule has 0 bridgehead atoms.